The number of furan rings is 1. The van der Waals surface area contributed by atoms with Crippen LogP contribution in [0.15, 0.2) is 37.9 Å². The molecule has 1 N–H and O–H groups in total. The van der Waals surface area contributed by atoms with E-state index < -0.39 is 5.91 Å². The fourth-order valence-electron chi connectivity index (χ4n) is 2.13. The number of hydrogen-bond acceptors (Lipinski definition) is 6. The number of thioether (sulfide) groups is 1. The van der Waals surface area contributed by atoms with Gasteiger partial charge in [0.2, 0.25) is 0 Å². The Morgan fingerprint density at radius 1 is 1.48 bits per heavy atom. The first-order chi connectivity index (χ1) is 11.1. The molecule has 0 aliphatic heterocycles. The number of nitrogens with one attached hydrogen (secondary N) is 1. The second kappa shape index (κ2) is 6.59. The molecule has 0 saturated heterocycles. The van der Waals surface area contributed by atoms with Gasteiger partial charge in [-0.3, -0.25) is 14.0 Å². The third-order valence-corrected chi connectivity index (χ3v) is 4.77. The van der Waals surface area contributed by atoms with Gasteiger partial charge < -0.3 is 9.73 Å². The van der Waals surface area contributed by atoms with Gasteiger partial charge in [0.1, 0.15) is 22.1 Å². The van der Waals surface area contributed by atoms with Gasteiger partial charge in [-0.05, 0) is 24.8 Å². The standard InChI is InChI=1S/C15H15N3O3S2/c1-3-22-13-11(14(20)18-6-7-23-15(18)17-13)12(19)16-8-10-5-4-9(2)21-10/h4-7H,3,8H2,1-2H3,(H,16,19). The van der Waals surface area contributed by atoms with Crippen molar-refractivity contribution >= 4 is 34.0 Å². The van der Waals surface area contributed by atoms with Gasteiger partial charge >= 0.3 is 0 Å². The normalized spacial score (nSPS) is 11.0. The Kier molecular flexibility index (Phi) is 4.53. The molecule has 0 aliphatic carbocycles. The molecule has 0 bridgehead atoms. The van der Waals surface area contributed by atoms with Crippen molar-refractivity contribution < 1.29 is 9.21 Å². The van der Waals surface area contributed by atoms with Crippen molar-refractivity contribution in [1.29, 1.82) is 0 Å². The number of carbonyl (C=O) groups excluding carboxylic acids is 1. The van der Waals surface area contributed by atoms with E-state index in [0.717, 1.165) is 11.5 Å². The maximum atomic E-state index is 12.6. The fourth-order valence-corrected chi connectivity index (χ4v) is 3.65. The molecule has 1 amide bonds. The highest BCUT2D eigenvalue weighted by atomic mass is 32.2. The van der Waals surface area contributed by atoms with Crippen LogP contribution in [-0.4, -0.2) is 21.0 Å². The van der Waals surface area contributed by atoms with Gasteiger partial charge in [-0.2, -0.15) is 0 Å². The van der Waals surface area contributed by atoms with Gasteiger partial charge in [0.05, 0.1) is 6.54 Å². The summed E-state index contributed by atoms with van der Waals surface area (Å²) in [5.74, 6) is 1.71. The number of aromatic nitrogens is 2. The Morgan fingerprint density at radius 2 is 2.30 bits per heavy atom. The second-order valence-electron chi connectivity index (χ2n) is 4.78. The first kappa shape index (κ1) is 15.8. The number of aryl methyl sites for hydroxylation is 1. The molecule has 0 unspecified atom stereocenters. The third-order valence-electron chi connectivity index (χ3n) is 3.16. The molecule has 6 nitrogen and oxygen atoms in total. The summed E-state index contributed by atoms with van der Waals surface area (Å²) in [6.07, 6.45) is 1.63. The summed E-state index contributed by atoms with van der Waals surface area (Å²) in [5.41, 5.74) is -0.267. The molecule has 0 aliphatic rings. The summed E-state index contributed by atoms with van der Waals surface area (Å²) in [5, 5.41) is 4.97. The first-order valence-electron chi connectivity index (χ1n) is 7.06. The number of fused-ring (bicyclic) bond motifs is 1. The van der Waals surface area contributed by atoms with E-state index in [2.05, 4.69) is 10.3 Å². The van der Waals surface area contributed by atoms with Crippen molar-refractivity contribution in [2.24, 2.45) is 0 Å². The zero-order valence-corrected chi connectivity index (χ0v) is 14.3. The molecule has 120 valence electrons. The van der Waals surface area contributed by atoms with Crippen molar-refractivity contribution in [3.05, 3.63) is 51.1 Å². The number of nitrogens with zero attached hydrogens (tertiary/aromatic N) is 2. The molecule has 23 heavy (non-hydrogen) atoms. The highest BCUT2D eigenvalue weighted by Crippen LogP contribution is 2.20. The molecule has 0 atom stereocenters. The molecule has 3 aromatic heterocycles. The van der Waals surface area contributed by atoms with E-state index in [1.807, 2.05) is 19.9 Å². The minimum absolute atomic E-state index is 0.0797. The average molecular weight is 349 g/mol. The van der Waals surface area contributed by atoms with Crippen LogP contribution in [0.2, 0.25) is 0 Å². The second-order valence-corrected chi connectivity index (χ2v) is 6.91. The summed E-state index contributed by atoms with van der Waals surface area (Å²) in [6.45, 7) is 4.02. The lowest BCUT2D eigenvalue weighted by molar-refractivity contribution is 0.0942. The third kappa shape index (κ3) is 3.18. The molecule has 3 rings (SSSR count). The predicted octanol–water partition coefficient (Wildman–Crippen LogP) is 2.70. The Hall–Kier alpha value is -2.06. The average Bonchev–Trinajstić information content (AvgIpc) is 3.14. The Bertz CT molecular complexity index is 910. The first-order valence-corrected chi connectivity index (χ1v) is 8.93. The highest BCUT2D eigenvalue weighted by molar-refractivity contribution is 7.99. The molecule has 0 radical (unpaired) electrons. The molecule has 0 aromatic carbocycles. The van der Waals surface area contributed by atoms with E-state index in [1.165, 1.54) is 27.5 Å². The van der Waals surface area contributed by atoms with E-state index in [1.54, 1.807) is 17.6 Å². The van der Waals surface area contributed by atoms with Gasteiger partial charge in [-0.25, -0.2) is 4.98 Å². The van der Waals surface area contributed by atoms with E-state index >= 15 is 0 Å². The summed E-state index contributed by atoms with van der Waals surface area (Å²) < 4.78 is 6.82. The zero-order chi connectivity index (χ0) is 16.4. The maximum absolute atomic E-state index is 12.6. The molecule has 3 aromatic rings. The number of rotatable bonds is 5. The Morgan fingerprint density at radius 3 is 3.00 bits per heavy atom. The minimum Gasteiger partial charge on any atom is -0.465 e. The summed E-state index contributed by atoms with van der Waals surface area (Å²) >= 11 is 2.75. The van der Waals surface area contributed by atoms with Crippen LogP contribution in [0.25, 0.3) is 4.96 Å². The molecule has 0 fully saturated rings. The number of carbonyl (C=O) groups is 1. The largest absolute Gasteiger partial charge is 0.465 e. The molecular weight excluding hydrogens is 334 g/mol. The quantitative estimate of drug-likeness (QED) is 0.566. The monoisotopic (exact) mass is 349 g/mol. The molecule has 8 heteroatoms. The number of hydrogen-bond donors (Lipinski definition) is 1. The lowest BCUT2D eigenvalue weighted by Gasteiger charge is -2.08. The van der Waals surface area contributed by atoms with Crippen molar-refractivity contribution in [2.75, 3.05) is 5.75 Å². The van der Waals surface area contributed by atoms with E-state index in [4.69, 9.17) is 4.42 Å². The number of amides is 1. The smallest absolute Gasteiger partial charge is 0.272 e. The van der Waals surface area contributed by atoms with Crippen LogP contribution in [-0.2, 0) is 6.54 Å². The van der Waals surface area contributed by atoms with Crippen LogP contribution in [0.3, 0.4) is 0 Å². The van der Waals surface area contributed by atoms with Crippen LogP contribution in [0.1, 0.15) is 28.8 Å². The van der Waals surface area contributed by atoms with Crippen molar-refractivity contribution in [1.82, 2.24) is 14.7 Å². The van der Waals surface area contributed by atoms with Gasteiger partial charge in [0.25, 0.3) is 11.5 Å². The summed E-state index contributed by atoms with van der Waals surface area (Å²) in [7, 11) is 0. The van der Waals surface area contributed by atoms with Crippen molar-refractivity contribution in [3.8, 4) is 0 Å². The lowest BCUT2D eigenvalue weighted by Crippen LogP contribution is -2.32. The molecule has 0 saturated carbocycles. The lowest BCUT2D eigenvalue weighted by atomic mass is 10.3. The molecular formula is C15H15N3O3S2. The topological polar surface area (TPSA) is 76.6 Å². The van der Waals surface area contributed by atoms with Gasteiger partial charge in [0, 0.05) is 11.6 Å². The SMILES string of the molecule is CCSc1nc2sccn2c(=O)c1C(=O)NCc1ccc(C)o1. The maximum Gasteiger partial charge on any atom is 0.272 e. The van der Waals surface area contributed by atoms with Gasteiger partial charge in [0.15, 0.2) is 4.96 Å². The van der Waals surface area contributed by atoms with Crippen molar-refractivity contribution in [3.63, 3.8) is 0 Å². The molecule has 3 heterocycles. The fraction of sp³-hybridized carbons (Fsp3) is 0.267. The minimum atomic E-state index is -0.437. The Labute approximate surface area is 140 Å². The van der Waals surface area contributed by atoms with Gasteiger partial charge in [-0.1, -0.05) is 6.92 Å². The Balaban J connectivity index is 1.93. The van der Waals surface area contributed by atoms with Crippen LogP contribution in [0.4, 0.5) is 0 Å². The van der Waals surface area contributed by atoms with Crippen LogP contribution >= 0.6 is 23.1 Å². The van der Waals surface area contributed by atoms with Crippen LogP contribution in [0.5, 0.6) is 0 Å². The number of thiazole rings is 1. The van der Waals surface area contributed by atoms with E-state index in [-0.39, 0.29) is 17.7 Å². The summed E-state index contributed by atoms with van der Waals surface area (Å²) in [6, 6.07) is 3.62. The van der Waals surface area contributed by atoms with Gasteiger partial charge in [-0.15, -0.1) is 23.1 Å². The highest BCUT2D eigenvalue weighted by Gasteiger charge is 2.20. The van der Waals surface area contributed by atoms with Crippen LogP contribution in [0, 0.1) is 6.92 Å². The molecule has 0 spiro atoms. The summed E-state index contributed by atoms with van der Waals surface area (Å²) in [4.78, 5) is 30.1. The van der Waals surface area contributed by atoms with E-state index in [0.29, 0.717) is 15.7 Å². The predicted molar refractivity (Wildman–Crippen MR) is 90.4 cm³/mol. The zero-order valence-electron chi connectivity index (χ0n) is 12.7. The van der Waals surface area contributed by atoms with Crippen molar-refractivity contribution in [2.45, 2.75) is 25.4 Å². The van der Waals surface area contributed by atoms with E-state index in [9.17, 15) is 9.59 Å². The van der Waals surface area contributed by atoms with Crippen LogP contribution < -0.4 is 10.9 Å².